The van der Waals surface area contributed by atoms with E-state index >= 15 is 14.4 Å². The van der Waals surface area contributed by atoms with Crippen molar-refractivity contribution < 1.29 is 102 Å². The number of fused-ring (bicyclic) bond motifs is 2. The molecule has 0 saturated carbocycles. The number of H-pyrrole nitrogens is 3. The minimum Gasteiger partial charge on any atom is -0.508 e. The summed E-state index contributed by atoms with van der Waals surface area (Å²) < 4.78 is 0. The Bertz CT molecular complexity index is 5240. The molecule has 1 aliphatic heterocycles. The third-order valence-electron chi connectivity index (χ3n) is 21.8. The zero-order valence-corrected chi connectivity index (χ0v) is 74.8. The molecule has 44 nitrogen and oxygen atoms in total. The quantitative estimate of drug-likeness (QED) is 0.00757. The molecule has 4 aromatic carbocycles. The Balaban J connectivity index is 1.04. The molecule has 1 saturated heterocycles. The van der Waals surface area contributed by atoms with Crippen LogP contribution in [0, 0.1) is 5.41 Å². The molecule has 133 heavy (non-hydrogen) atoms. The summed E-state index contributed by atoms with van der Waals surface area (Å²) in [6.45, 7) is 2.19. The molecule has 28 N–H and O–H groups in total. The van der Waals surface area contributed by atoms with E-state index in [9.17, 15) is 87.5 Å². The van der Waals surface area contributed by atoms with Crippen molar-refractivity contribution in [3.8, 4) is 5.75 Å². The first-order valence-corrected chi connectivity index (χ1v) is 44.3. The molecular weight excluding hydrogens is 1770 g/mol. The van der Waals surface area contributed by atoms with Crippen molar-refractivity contribution in [2.24, 2.45) is 17.2 Å². The van der Waals surface area contributed by atoms with E-state index in [4.69, 9.17) is 22.6 Å². The largest absolute Gasteiger partial charge is 0.508 e. The maximum Gasteiger partial charge on any atom is 0.303 e. The number of carbonyl (C=O) groups is 17. The second kappa shape index (κ2) is 52.0. The number of carboxylic acids is 2. The number of phenolic OH excluding ortho intramolecular Hbond substituents is 1. The number of carboxylic acid groups (broad SMARTS) is 2. The molecule has 1 fully saturated rings. The highest BCUT2D eigenvalue weighted by Gasteiger charge is 2.41. The molecule has 14 atom stereocenters. The van der Waals surface area contributed by atoms with Crippen LogP contribution in [0.2, 0.25) is 0 Å². The normalized spacial score (nSPS) is 15.2. The van der Waals surface area contributed by atoms with E-state index in [0.717, 1.165) is 6.92 Å². The molecule has 8 rings (SSSR count). The number of nitrogens with one attached hydrogen (secondary N) is 18. The topological polar surface area (TPSA) is 705 Å². The number of hydrogen-bond donors (Lipinski definition) is 27. The number of nitrogens with zero attached hydrogens (tertiary/aromatic N) is 2. The van der Waals surface area contributed by atoms with Gasteiger partial charge in [-0.1, -0.05) is 78.9 Å². The van der Waals surface area contributed by atoms with Gasteiger partial charge >= 0.3 is 11.9 Å². The molecule has 0 radical (unpaired) electrons. The second-order valence-corrected chi connectivity index (χ2v) is 32.7. The lowest BCUT2D eigenvalue weighted by molar-refractivity contribution is -0.140. The van der Waals surface area contributed by atoms with Gasteiger partial charge in [-0.05, 0) is 118 Å². The van der Waals surface area contributed by atoms with Crippen LogP contribution < -0.4 is 91.6 Å². The highest BCUT2D eigenvalue weighted by molar-refractivity contribution is 7.80. The number of aliphatic hydroxyl groups is 1. The van der Waals surface area contributed by atoms with Crippen LogP contribution in [-0.2, 0) is 114 Å². The molecule has 0 aliphatic carbocycles. The number of amides is 15. The summed E-state index contributed by atoms with van der Waals surface area (Å²) in [5, 5.41) is 85.9. The number of benzene rings is 4. The first-order chi connectivity index (χ1) is 63.5. The van der Waals surface area contributed by atoms with Crippen LogP contribution in [-0.4, -0.2) is 274 Å². The molecule has 0 unspecified atom stereocenters. The summed E-state index contributed by atoms with van der Waals surface area (Å²) in [6.07, 6.45) is 0.926. The minimum absolute atomic E-state index is 0.0261. The molecule has 46 heteroatoms. The molecular formula is C87H115N23O21S2. The molecule has 1 aliphatic rings. The number of unbranched alkanes of at least 4 members (excludes halogenated alkanes) is 1. The summed E-state index contributed by atoms with van der Waals surface area (Å²) in [7, 11) is 0. The number of thiol groups is 2. The molecule has 7 aromatic rings. The number of aliphatic hydroxyl groups excluding tert-OH is 1. The Morgan fingerprint density at radius 2 is 0.895 bits per heavy atom. The van der Waals surface area contributed by atoms with E-state index < -0.39 is 248 Å². The van der Waals surface area contributed by atoms with Crippen LogP contribution in [0.25, 0.3) is 21.8 Å². The summed E-state index contributed by atoms with van der Waals surface area (Å²) in [6, 6.07) is 6.89. The average Bonchev–Trinajstić information content (AvgIpc) is 1.48. The van der Waals surface area contributed by atoms with E-state index in [1.165, 1.54) is 54.8 Å². The Morgan fingerprint density at radius 1 is 0.481 bits per heavy atom. The lowest BCUT2D eigenvalue weighted by atomic mass is 10.0. The molecule has 4 heterocycles. The van der Waals surface area contributed by atoms with E-state index in [1.807, 2.05) is 0 Å². The van der Waals surface area contributed by atoms with E-state index in [2.05, 4.69) is 120 Å². The highest BCUT2D eigenvalue weighted by Crippen LogP contribution is 2.24. The lowest BCUT2D eigenvalue weighted by Gasteiger charge is -2.29. The van der Waals surface area contributed by atoms with Crippen molar-refractivity contribution in [3.63, 3.8) is 0 Å². The third-order valence-corrected chi connectivity index (χ3v) is 22.6. The number of primary amides is 1. The molecule has 716 valence electrons. The van der Waals surface area contributed by atoms with Crippen molar-refractivity contribution in [1.29, 1.82) is 5.41 Å². The van der Waals surface area contributed by atoms with Crippen molar-refractivity contribution >= 4 is 154 Å². The van der Waals surface area contributed by atoms with E-state index in [0.29, 0.717) is 62.6 Å². The van der Waals surface area contributed by atoms with Gasteiger partial charge in [0.25, 0.3) is 0 Å². The Labute approximate surface area is 774 Å². The molecule has 0 bridgehead atoms. The van der Waals surface area contributed by atoms with E-state index in [-0.39, 0.29) is 76.8 Å². The van der Waals surface area contributed by atoms with Crippen LogP contribution in [0.3, 0.4) is 0 Å². The van der Waals surface area contributed by atoms with Gasteiger partial charge in [0.2, 0.25) is 88.6 Å². The number of guanidine groups is 1. The zero-order valence-electron chi connectivity index (χ0n) is 73.0. The van der Waals surface area contributed by atoms with E-state index in [1.54, 1.807) is 85.1 Å². The number of phenols is 1. The Morgan fingerprint density at radius 3 is 1.35 bits per heavy atom. The van der Waals surface area contributed by atoms with Crippen molar-refractivity contribution in [1.82, 2.24) is 99.3 Å². The third kappa shape index (κ3) is 32.7. The summed E-state index contributed by atoms with van der Waals surface area (Å²) >= 11 is 8.64. The van der Waals surface area contributed by atoms with Crippen LogP contribution in [0.4, 0.5) is 0 Å². The first kappa shape index (κ1) is 104. The average molecular weight is 1880 g/mol. The van der Waals surface area contributed by atoms with Gasteiger partial charge in [-0.25, -0.2) is 4.98 Å². The number of imidazole rings is 1. The smallest absolute Gasteiger partial charge is 0.303 e. The minimum atomic E-state index is -2.00. The van der Waals surface area contributed by atoms with Crippen molar-refractivity contribution in [3.05, 3.63) is 156 Å². The fourth-order valence-electron chi connectivity index (χ4n) is 14.8. The maximum absolute atomic E-state index is 15.4. The SMILES string of the molecule is CC(=O)N1CCC[C@H]1C(=O)N[C@@H](CCC(=O)O)C(=O)N[C@@H](CS)C(=O)N[C@@H](CCCNC(=N)N)C(=O)N[C@H](C(=O)N[C@@H](Cc1c[nH]c2ccccc12)C(=O)N[C@@H](CCC(=O)O)C(=O)N[C@@H](CS)C(=O)N[C@@H](Cc1ccc(O)cc1)C(=O)N[C@@H](Cc1c[nH]c2ccccc12)C(=O)N[C@@H](Cc1cnc[nH]1)C(=O)N[C@@H](CCCCN)C(=O)N[C@@H](Cc1ccccc1)C(=O)NCC(N)=O)[C@@H](C)O. The van der Waals surface area contributed by atoms with Gasteiger partial charge in [-0.3, -0.25) is 86.9 Å². The summed E-state index contributed by atoms with van der Waals surface area (Å²) in [5.41, 5.74) is 20.0. The number of nitrogens with two attached hydrogens (primary N) is 3. The second-order valence-electron chi connectivity index (χ2n) is 31.9. The number of aliphatic carboxylic acids is 2. The van der Waals surface area contributed by atoms with Gasteiger partial charge in [-0.15, -0.1) is 0 Å². The number of aromatic nitrogens is 4. The molecule has 15 amide bonds. The monoisotopic (exact) mass is 1880 g/mol. The molecule has 3 aromatic heterocycles. The highest BCUT2D eigenvalue weighted by atomic mass is 32.1. The fourth-order valence-corrected chi connectivity index (χ4v) is 15.3. The van der Waals surface area contributed by atoms with Gasteiger partial charge in [0, 0.05) is 123 Å². The van der Waals surface area contributed by atoms with Crippen LogP contribution in [0.5, 0.6) is 5.75 Å². The van der Waals surface area contributed by atoms with Crippen molar-refractivity contribution in [2.75, 3.05) is 37.7 Å². The van der Waals surface area contributed by atoms with Gasteiger partial charge in [0.1, 0.15) is 84.3 Å². The number of carbonyl (C=O) groups excluding carboxylic acids is 15. The zero-order chi connectivity index (χ0) is 97.0. The molecule has 0 spiro atoms. The van der Waals surface area contributed by atoms with Gasteiger partial charge in [0.15, 0.2) is 5.96 Å². The first-order valence-electron chi connectivity index (χ1n) is 43.0. The number of rotatable bonds is 54. The standard InChI is InChI=1S/C87H115N23O21S2/c1-46(111)73(109-78(123)59(21-12-32-93-87(90)91)99-83(128)67(43-132)107-77(122)61(28-30-72(117)118)101-85(130)69-22-13-33-110(69)47(2)112)86(131)106-65(37-51-40-95-57-19-9-7-17-55(51)57)80(125)100-60(27-29-71(115)116)76(121)108-68(44-133)84(129)103-63(35-49-23-25-53(113)26-24-49)79(124)104-64(36-50-39-94-56-18-8-6-16-54(50)56)81(126)105-66(38-52-41-92-45-97-52)82(127)98-58(20-10-11-31-88)75(120)102-62(74(119)96-42-70(89)114)34-48-14-4-3-5-15-48/h3-9,14-19,23-26,39-41,45-46,58-69,73,94-95,111,113,132-133H,10-13,20-22,27-38,42-44,88H2,1-2H3,(H2,89,114)(H,92,97)(H,96,119)(H,98,127)(H,99,128)(H,100,125)(H,101,130)(H,102,120)(H,103,129)(H,104,124)(H,105,126)(H,106,131)(H,107,122)(H,108,121)(H,109,123)(H,115,116)(H,117,118)(H4,90,91,93)/t46-,58+,59+,60+,61+,62+,63+,64+,65+,66+,67+,68+,69+,73+/m1/s1. The maximum atomic E-state index is 15.4. The van der Waals surface area contributed by atoms with Crippen LogP contribution in [0.1, 0.15) is 112 Å². The Kier molecular flexibility index (Phi) is 40.8. The van der Waals surface area contributed by atoms with Gasteiger partial charge in [0.05, 0.1) is 19.0 Å². The Hall–Kier alpha value is -14.2. The van der Waals surface area contributed by atoms with Gasteiger partial charge < -0.3 is 132 Å². The fraction of sp³-hybridized carbons (Fsp3) is 0.437. The number of para-hydroxylation sites is 2. The van der Waals surface area contributed by atoms with Crippen LogP contribution in [0.15, 0.2) is 128 Å². The number of aromatic amines is 3. The van der Waals surface area contributed by atoms with Crippen molar-refractivity contribution in [2.45, 2.75) is 201 Å². The summed E-state index contributed by atoms with van der Waals surface area (Å²) in [5.74, 6) is -19.1. The number of hydrogen-bond acceptors (Lipinski definition) is 24. The number of aromatic hydroxyl groups is 1. The lowest BCUT2D eigenvalue weighted by Crippen LogP contribution is -2.62. The number of likely N-dealkylation sites (tertiary alicyclic amines) is 1. The predicted octanol–water partition coefficient (Wildman–Crippen LogP) is -3.62. The predicted molar refractivity (Wildman–Crippen MR) is 489 cm³/mol. The van der Waals surface area contributed by atoms with Gasteiger partial charge in [-0.2, -0.15) is 25.3 Å². The summed E-state index contributed by atoms with van der Waals surface area (Å²) in [4.78, 5) is 253. The van der Waals surface area contributed by atoms with Crippen LogP contribution >= 0.6 is 25.3 Å².